The molecule has 0 radical (unpaired) electrons. The van der Waals surface area contributed by atoms with Gasteiger partial charge in [-0.2, -0.15) is 0 Å². The van der Waals surface area contributed by atoms with Gasteiger partial charge in [0.25, 0.3) is 0 Å². The van der Waals surface area contributed by atoms with Crippen LogP contribution in [0.15, 0.2) is 42.9 Å². The fourth-order valence-electron chi connectivity index (χ4n) is 3.69. The minimum atomic E-state index is -1.69. The van der Waals surface area contributed by atoms with Gasteiger partial charge in [-0.25, -0.2) is 9.78 Å². The summed E-state index contributed by atoms with van der Waals surface area (Å²) in [4.78, 5) is 68.3. The van der Waals surface area contributed by atoms with Gasteiger partial charge in [0.15, 0.2) is 0 Å². The van der Waals surface area contributed by atoms with Gasteiger partial charge in [0.05, 0.1) is 18.8 Å². The molecule has 0 aliphatic heterocycles. The lowest BCUT2D eigenvalue weighted by Crippen LogP contribution is -2.58. The highest BCUT2D eigenvalue weighted by Crippen LogP contribution is 2.09. The zero-order valence-corrected chi connectivity index (χ0v) is 21.2. The summed E-state index contributed by atoms with van der Waals surface area (Å²) in [6.07, 6.45) is 2.56. The fraction of sp³-hybridized carbons (Fsp3) is 0.440. The number of amides is 3. The minimum absolute atomic E-state index is 0.000489. The van der Waals surface area contributed by atoms with Gasteiger partial charge in [0.2, 0.25) is 17.7 Å². The number of carboxylic acids is 2. The Balaban J connectivity index is 2.20. The molecule has 0 fully saturated rings. The van der Waals surface area contributed by atoms with Crippen LogP contribution in [0.2, 0.25) is 0 Å². The van der Waals surface area contributed by atoms with E-state index < -0.39 is 60.2 Å². The second kappa shape index (κ2) is 14.5. The van der Waals surface area contributed by atoms with Crippen molar-refractivity contribution in [2.24, 2.45) is 11.7 Å². The van der Waals surface area contributed by atoms with Gasteiger partial charge < -0.3 is 36.9 Å². The van der Waals surface area contributed by atoms with E-state index in [1.54, 1.807) is 30.3 Å². The number of benzene rings is 1. The smallest absolute Gasteiger partial charge is 0.326 e. The third-order valence-corrected chi connectivity index (χ3v) is 5.58. The molecule has 13 nitrogen and oxygen atoms in total. The molecule has 0 saturated carbocycles. The van der Waals surface area contributed by atoms with E-state index in [4.69, 9.17) is 10.8 Å². The number of hydrogen-bond donors (Lipinski definition) is 7. The van der Waals surface area contributed by atoms with Gasteiger partial charge in [0.1, 0.15) is 18.1 Å². The van der Waals surface area contributed by atoms with E-state index in [2.05, 4.69) is 25.9 Å². The Bertz CT molecular complexity index is 1090. The molecule has 1 aromatic heterocycles. The van der Waals surface area contributed by atoms with Crippen molar-refractivity contribution in [3.05, 3.63) is 54.1 Å². The Hall–Kier alpha value is -4.26. The number of H-pyrrole nitrogens is 1. The zero-order valence-electron chi connectivity index (χ0n) is 21.2. The molecule has 2 rings (SSSR count). The van der Waals surface area contributed by atoms with Crippen molar-refractivity contribution in [3.63, 3.8) is 0 Å². The summed E-state index contributed by atoms with van der Waals surface area (Å²) in [5.41, 5.74) is 7.32. The Morgan fingerprint density at radius 2 is 1.50 bits per heavy atom. The highest BCUT2D eigenvalue weighted by Gasteiger charge is 2.31. The zero-order chi connectivity index (χ0) is 28.2. The molecule has 38 heavy (non-hydrogen) atoms. The maximum Gasteiger partial charge on any atom is 0.326 e. The molecule has 1 aromatic carbocycles. The van der Waals surface area contributed by atoms with E-state index in [0.717, 1.165) is 0 Å². The molecule has 8 N–H and O–H groups in total. The summed E-state index contributed by atoms with van der Waals surface area (Å²) in [6.45, 7) is 3.71. The maximum absolute atomic E-state index is 13.3. The van der Waals surface area contributed by atoms with E-state index in [0.29, 0.717) is 11.3 Å². The summed E-state index contributed by atoms with van der Waals surface area (Å²) < 4.78 is 0. The summed E-state index contributed by atoms with van der Waals surface area (Å²) in [7, 11) is 0. The molecule has 0 aliphatic rings. The van der Waals surface area contributed by atoms with Crippen molar-refractivity contribution < 1.29 is 34.2 Å². The highest BCUT2D eigenvalue weighted by molar-refractivity contribution is 5.94. The van der Waals surface area contributed by atoms with E-state index in [9.17, 15) is 29.1 Å². The second-order valence-corrected chi connectivity index (χ2v) is 9.33. The highest BCUT2D eigenvalue weighted by atomic mass is 16.4. The number of hydrogen-bond acceptors (Lipinski definition) is 7. The molecule has 2 aromatic rings. The first kappa shape index (κ1) is 30.0. The molecule has 0 saturated heterocycles. The van der Waals surface area contributed by atoms with E-state index >= 15 is 0 Å². The van der Waals surface area contributed by atoms with E-state index in [1.165, 1.54) is 12.5 Å². The number of nitrogens with two attached hydrogens (primary N) is 1. The van der Waals surface area contributed by atoms with Gasteiger partial charge >= 0.3 is 11.9 Å². The van der Waals surface area contributed by atoms with Gasteiger partial charge in [-0.15, -0.1) is 0 Å². The standard InChI is InChI=1S/C25H34N6O7/c1-14(2)8-18(29-22(34)17(26)10-16-12-27-13-28-16)23(35)30-19(9-15-6-4-3-5-7-15)24(36)31-20(25(37)38)11-21(32)33/h3-7,12-14,17-20H,8-11,26H2,1-2H3,(H,27,28)(H,29,34)(H,30,35)(H,31,36)(H,32,33)(H,37,38). The van der Waals surface area contributed by atoms with Crippen LogP contribution < -0.4 is 21.7 Å². The fourth-order valence-corrected chi connectivity index (χ4v) is 3.69. The molecule has 13 heteroatoms. The molecular weight excluding hydrogens is 496 g/mol. The Kier molecular flexibility index (Phi) is 11.4. The monoisotopic (exact) mass is 530 g/mol. The van der Waals surface area contributed by atoms with Crippen LogP contribution >= 0.6 is 0 Å². The first-order chi connectivity index (χ1) is 18.0. The lowest BCUT2D eigenvalue weighted by Gasteiger charge is -2.26. The number of rotatable bonds is 15. The van der Waals surface area contributed by atoms with E-state index in [-0.39, 0.29) is 25.2 Å². The summed E-state index contributed by atoms with van der Waals surface area (Å²) in [5, 5.41) is 25.7. The lowest BCUT2D eigenvalue weighted by molar-refractivity contribution is -0.147. The minimum Gasteiger partial charge on any atom is -0.481 e. The normalized spacial score (nSPS) is 14.1. The van der Waals surface area contributed by atoms with Crippen molar-refractivity contribution in [2.75, 3.05) is 0 Å². The van der Waals surface area contributed by atoms with Crippen molar-refractivity contribution >= 4 is 29.7 Å². The predicted octanol–water partition coefficient (Wildman–Crippen LogP) is -0.418. The number of aliphatic carboxylic acids is 2. The topological polar surface area (TPSA) is 217 Å². The van der Waals surface area contributed by atoms with Gasteiger partial charge in [-0.3, -0.25) is 19.2 Å². The molecule has 0 spiro atoms. The molecule has 0 bridgehead atoms. The first-order valence-corrected chi connectivity index (χ1v) is 12.1. The number of imidazole rings is 1. The third kappa shape index (κ3) is 10.0. The molecule has 0 aliphatic carbocycles. The Labute approximate surface area is 219 Å². The van der Waals surface area contributed by atoms with Crippen LogP contribution in [0, 0.1) is 5.92 Å². The van der Waals surface area contributed by atoms with Crippen LogP contribution in [0.1, 0.15) is 37.9 Å². The van der Waals surface area contributed by atoms with E-state index in [1.807, 2.05) is 13.8 Å². The summed E-state index contributed by atoms with van der Waals surface area (Å²) in [5.74, 6) is -5.06. The number of aromatic amines is 1. The second-order valence-electron chi connectivity index (χ2n) is 9.33. The number of carboxylic acid groups (broad SMARTS) is 2. The molecular formula is C25H34N6O7. The third-order valence-electron chi connectivity index (χ3n) is 5.58. The molecule has 1 heterocycles. The maximum atomic E-state index is 13.3. The van der Waals surface area contributed by atoms with Crippen LogP contribution in [0.4, 0.5) is 0 Å². The van der Waals surface area contributed by atoms with Crippen LogP contribution in [-0.2, 0) is 36.8 Å². The van der Waals surface area contributed by atoms with Gasteiger partial charge in [-0.05, 0) is 17.9 Å². The molecule has 3 amide bonds. The Morgan fingerprint density at radius 3 is 2.05 bits per heavy atom. The molecule has 206 valence electrons. The van der Waals surface area contributed by atoms with Crippen molar-refractivity contribution in [1.29, 1.82) is 0 Å². The van der Waals surface area contributed by atoms with Gasteiger partial charge in [0, 0.05) is 24.7 Å². The number of carbonyl (C=O) groups is 5. The van der Waals surface area contributed by atoms with Gasteiger partial charge in [-0.1, -0.05) is 44.2 Å². The quantitative estimate of drug-likeness (QED) is 0.159. The number of nitrogens with zero attached hydrogens (tertiary/aromatic N) is 1. The summed E-state index contributed by atoms with van der Waals surface area (Å²) in [6, 6.07) is 3.75. The summed E-state index contributed by atoms with van der Waals surface area (Å²) >= 11 is 0. The largest absolute Gasteiger partial charge is 0.481 e. The number of carbonyl (C=O) groups excluding carboxylic acids is 3. The SMILES string of the molecule is CC(C)CC(NC(=O)C(N)Cc1cnc[nH]1)C(=O)NC(Cc1ccccc1)C(=O)NC(CC(=O)O)C(=O)O. The number of aromatic nitrogens is 2. The number of nitrogens with one attached hydrogen (secondary N) is 4. The average molecular weight is 531 g/mol. The van der Waals surface area contributed by atoms with Crippen molar-refractivity contribution in [2.45, 2.75) is 63.7 Å². The lowest BCUT2D eigenvalue weighted by atomic mass is 10.00. The molecule has 4 atom stereocenters. The average Bonchev–Trinajstić information content (AvgIpc) is 3.35. The first-order valence-electron chi connectivity index (χ1n) is 12.1. The Morgan fingerprint density at radius 1 is 0.895 bits per heavy atom. The van der Waals surface area contributed by atoms with Crippen LogP contribution in [0.25, 0.3) is 0 Å². The predicted molar refractivity (Wildman–Crippen MR) is 136 cm³/mol. The van der Waals surface area contributed by atoms with Crippen molar-refractivity contribution in [1.82, 2.24) is 25.9 Å². The van der Waals surface area contributed by atoms with Crippen molar-refractivity contribution in [3.8, 4) is 0 Å². The molecule has 4 unspecified atom stereocenters. The van der Waals surface area contributed by atoms with Crippen LogP contribution in [0.3, 0.4) is 0 Å². The van der Waals surface area contributed by atoms with Crippen LogP contribution in [0.5, 0.6) is 0 Å². The van der Waals surface area contributed by atoms with Crippen LogP contribution in [-0.4, -0.2) is 74.0 Å².